The summed E-state index contributed by atoms with van der Waals surface area (Å²) < 4.78 is 0. The van der Waals surface area contributed by atoms with Gasteiger partial charge in [0.15, 0.2) is 5.75 Å². The number of carbonyl (C=O) groups is 2. The lowest BCUT2D eigenvalue weighted by atomic mass is 9.87. The van der Waals surface area contributed by atoms with Crippen molar-refractivity contribution in [3.8, 4) is 5.75 Å². The molecule has 0 saturated carbocycles. The van der Waals surface area contributed by atoms with Crippen molar-refractivity contribution in [3.05, 3.63) is 69.8 Å². The van der Waals surface area contributed by atoms with E-state index in [1.165, 1.54) is 6.07 Å². The van der Waals surface area contributed by atoms with Crippen LogP contribution in [0.15, 0.2) is 53.6 Å². The molecule has 3 amide bonds. The highest BCUT2D eigenvalue weighted by atomic mass is 16.6. The number of benzene rings is 2. The SMILES string of the molecule is CC[C@@]1(c2ccccc2)NC(=O)N(/N=C/c2ccc(O)c([N+](=O)[O-])c2)C1=O. The fraction of sp³-hybridized carbons (Fsp3) is 0.167. The summed E-state index contributed by atoms with van der Waals surface area (Å²) in [6.45, 7) is 1.78. The summed E-state index contributed by atoms with van der Waals surface area (Å²) in [5, 5.41) is 27.7. The number of nitrogens with one attached hydrogen (secondary N) is 1. The Balaban J connectivity index is 1.91. The van der Waals surface area contributed by atoms with Gasteiger partial charge in [-0.3, -0.25) is 14.9 Å². The van der Waals surface area contributed by atoms with Crippen molar-refractivity contribution in [1.82, 2.24) is 10.3 Å². The first-order valence-corrected chi connectivity index (χ1v) is 8.12. The highest BCUT2D eigenvalue weighted by Gasteiger charge is 2.51. The quantitative estimate of drug-likeness (QED) is 0.363. The summed E-state index contributed by atoms with van der Waals surface area (Å²) >= 11 is 0. The monoisotopic (exact) mass is 368 g/mol. The zero-order chi connectivity index (χ0) is 19.6. The molecule has 0 aliphatic carbocycles. The summed E-state index contributed by atoms with van der Waals surface area (Å²) in [5.41, 5.74) is -0.808. The molecule has 0 radical (unpaired) electrons. The van der Waals surface area contributed by atoms with E-state index in [-0.39, 0.29) is 5.56 Å². The number of hydrazone groups is 1. The van der Waals surface area contributed by atoms with Gasteiger partial charge in [-0.25, -0.2) is 4.79 Å². The molecule has 1 fully saturated rings. The molecule has 1 atom stereocenters. The van der Waals surface area contributed by atoms with Crippen LogP contribution in [0.2, 0.25) is 0 Å². The standard InChI is InChI=1S/C18H16N4O5/c1-2-18(13-6-4-3-5-7-13)16(24)21(17(25)20-18)19-11-12-8-9-15(23)14(10-12)22(26)27/h3-11,23H,2H2,1H3,(H,20,25)/b19-11+/t18-/m0/s1. The average Bonchev–Trinajstić information content (AvgIpc) is 2.92. The van der Waals surface area contributed by atoms with E-state index in [0.717, 1.165) is 18.3 Å². The zero-order valence-electron chi connectivity index (χ0n) is 14.3. The minimum Gasteiger partial charge on any atom is -0.502 e. The second-order valence-electron chi connectivity index (χ2n) is 5.92. The van der Waals surface area contributed by atoms with Crippen molar-refractivity contribution in [3.63, 3.8) is 0 Å². The average molecular weight is 368 g/mol. The Morgan fingerprint density at radius 1 is 1.26 bits per heavy atom. The van der Waals surface area contributed by atoms with E-state index in [0.29, 0.717) is 17.0 Å². The number of nitro groups is 1. The minimum atomic E-state index is -1.21. The number of urea groups is 1. The van der Waals surface area contributed by atoms with Crippen LogP contribution in [0.4, 0.5) is 10.5 Å². The first-order valence-electron chi connectivity index (χ1n) is 8.12. The molecule has 1 aliphatic heterocycles. The van der Waals surface area contributed by atoms with Crippen LogP contribution in [-0.4, -0.2) is 33.2 Å². The number of phenolic OH excluding ortho intramolecular Hbond substituents is 1. The number of imide groups is 1. The number of rotatable bonds is 5. The van der Waals surface area contributed by atoms with E-state index in [4.69, 9.17) is 0 Å². The molecule has 1 aliphatic rings. The maximum Gasteiger partial charge on any atom is 0.346 e. The summed E-state index contributed by atoms with van der Waals surface area (Å²) in [6, 6.07) is 11.8. The summed E-state index contributed by atoms with van der Waals surface area (Å²) in [5.74, 6) is -1.02. The number of aromatic hydroxyl groups is 1. The Bertz CT molecular complexity index is 944. The molecule has 0 spiro atoms. The number of hydrogen-bond acceptors (Lipinski definition) is 6. The second kappa shape index (κ2) is 6.87. The number of nitro benzene ring substituents is 1. The smallest absolute Gasteiger partial charge is 0.346 e. The Labute approximate surface area is 154 Å². The molecule has 27 heavy (non-hydrogen) atoms. The molecule has 2 N–H and O–H groups in total. The van der Waals surface area contributed by atoms with E-state index in [1.54, 1.807) is 31.2 Å². The molecule has 1 saturated heterocycles. The Kier molecular flexibility index (Phi) is 4.59. The van der Waals surface area contributed by atoms with Crippen LogP contribution in [0.1, 0.15) is 24.5 Å². The van der Waals surface area contributed by atoms with E-state index in [9.17, 15) is 24.8 Å². The van der Waals surface area contributed by atoms with E-state index in [1.807, 2.05) is 6.07 Å². The molecule has 2 aromatic rings. The maximum absolute atomic E-state index is 12.9. The van der Waals surface area contributed by atoms with E-state index in [2.05, 4.69) is 10.4 Å². The lowest BCUT2D eigenvalue weighted by Gasteiger charge is -2.24. The van der Waals surface area contributed by atoms with Gasteiger partial charge < -0.3 is 10.4 Å². The topological polar surface area (TPSA) is 125 Å². The lowest BCUT2D eigenvalue weighted by molar-refractivity contribution is -0.385. The fourth-order valence-electron chi connectivity index (χ4n) is 2.92. The van der Waals surface area contributed by atoms with Crippen LogP contribution in [0.25, 0.3) is 0 Å². The second-order valence-corrected chi connectivity index (χ2v) is 5.92. The molecule has 3 rings (SSSR count). The highest BCUT2D eigenvalue weighted by molar-refractivity contribution is 6.07. The van der Waals surface area contributed by atoms with Gasteiger partial charge in [-0.15, -0.1) is 5.01 Å². The molecule has 1 heterocycles. The number of phenols is 1. The Morgan fingerprint density at radius 3 is 2.59 bits per heavy atom. The molecule has 2 aromatic carbocycles. The van der Waals surface area contributed by atoms with Crippen LogP contribution in [0.3, 0.4) is 0 Å². The van der Waals surface area contributed by atoms with Gasteiger partial charge in [0, 0.05) is 11.6 Å². The predicted octanol–water partition coefficient (Wildman–Crippen LogP) is 2.49. The number of amides is 3. The molecule has 0 aromatic heterocycles. The molecule has 9 heteroatoms. The summed E-state index contributed by atoms with van der Waals surface area (Å²) in [6.07, 6.45) is 1.49. The van der Waals surface area contributed by atoms with Gasteiger partial charge in [-0.2, -0.15) is 5.10 Å². The first kappa shape index (κ1) is 18.1. The van der Waals surface area contributed by atoms with Crippen LogP contribution in [0, 0.1) is 10.1 Å². The Morgan fingerprint density at radius 2 is 1.96 bits per heavy atom. The van der Waals surface area contributed by atoms with Gasteiger partial charge in [0.2, 0.25) is 0 Å². The molecule has 138 valence electrons. The zero-order valence-corrected chi connectivity index (χ0v) is 14.3. The van der Waals surface area contributed by atoms with Crippen LogP contribution < -0.4 is 5.32 Å². The van der Waals surface area contributed by atoms with Crippen molar-refractivity contribution < 1.29 is 19.6 Å². The fourth-order valence-corrected chi connectivity index (χ4v) is 2.92. The summed E-state index contributed by atoms with van der Waals surface area (Å²) in [7, 11) is 0. The van der Waals surface area contributed by atoms with E-state index >= 15 is 0 Å². The van der Waals surface area contributed by atoms with Gasteiger partial charge in [0.05, 0.1) is 11.1 Å². The van der Waals surface area contributed by atoms with Gasteiger partial charge >= 0.3 is 11.7 Å². The highest BCUT2D eigenvalue weighted by Crippen LogP contribution is 2.32. The van der Waals surface area contributed by atoms with Crippen LogP contribution in [-0.2, 0) is 10.3 Å². The third kappa shape index (κ3) is 3.10. The number of nitrogens with zero attached hydrogens (tertiary/aromatic N) is 3. The van der Waals surface area contributed by atoms with Crippen molar-refractivity contribution in [1.29, 1.82) is 0 Å². The largest absolute Gasteiger partial charge is 0.502 e. The molecule has 0 bridgehead atoms. The van der Waals surface area contributed by atoms with Crippen molar-refractivity contribution in [2.75, 3.05) is 0 Å². The first-order chi connectivity index (χ1) is 12.9. The Hall–Kier alpha value is -3.75. The third-order valence-corrected chi connectivity index (χ3v) is 4.39. The number of carbonyl (C=O) groups excluding carboxylic acids is 2. The van der Waals surface area contributed by atoms with Crippen molar-refractivity contribution >= 4 is 23.8 Å². The van der Waals surface area contributed by atoms with Crippen molar-refractivity contribution in [2.24, 2.45) is 5.10 Å². The predicted molar refractivity (Wildman–Crippen MR) is 96.1 cm³/mol. The minimum absolute atomic E-state index is 0.258. The van der Waals surface area contributed by atoms with Gasteiger partial charge in [-0.05, 0) is 24.1 Å². The van der Waals surface area contributed by atoms with Gasteiger partial charge in [-0.1, -0.05) is 37.3 Å². The van der Waals surface area contributed by atoms with Crippen LogP contribution in [0.5, 0.6) is 5.75 Å². The van der Waals surface area contributed by atoms with Crippen LogP contribution >= 0.6 is 0 Å². The molecule has 9 nitrogen and oxygen atoms in total. The molecular weight excluding hydrogens is 352 g/mol. The van der Waals surface area contributed by atoms with Crippen molar-refractivity contribution in [2.45, 2.75) is 18.9 Å². The molecular formula is C18H16N4O5. The third-order valence-electron chi connectivity index (χ3n) is 4.39. The molecule has 0 unspecified atom stereocenters. The van der Waals surface area contributed by atoms with Gasteiger partial charge in [0.25, 0.3) is 5.91 Å². The maximum atomic E-state index is 12.9. The van der Waals surface area contributed by atoms with E-state index < -0.39 is 33.8 Å². The van der Waals surface area contributed by atoms with Gasteiger partial charge in [0.1, 0.15) is 5.54 Å². The lowest BCUT2D eigenvalue weighted by Crippen LogP contribution is -2.43. The normalized spacial score (nSPS) is 19.5. The number of hydrogen-bond donors (Lipinski definition) is 2. The summed E-state index contributed by atoms with van der Waals surface area (Å²) in [4.78, 5) is 35.4.